The van der Waals surface area contributed by atoms with Gasteiger partial charge in [-0.05, 0) is 39.4 Å². The SMILES string of the molecule is CSC1CCC(NC(=O)C(C)=C(C)C(=O)O)C1. The minimum atomic E-state index is -1.04. The molecule has 1 aliphatic rings. The molecule has 0 heterocycles. The van der Waals surface area contributed by atoms with Crippen LogP contribution >= 0.6 is 11.8 Å². The summed E-state index contributed by atoms with van der Waals surface area (Å²) in [7, 11) is 0. The standard InChI is InChI=1S/C12H19NO3S/c1-7(8(2)12(15)16)11(14)13-9-4-5-10(6-9)17-3/h9-10H,4-6H2,1-3H3,(H,13,14)(H,15,16). The first-order valence-corrected chi connectivity index (χ1v) is 6.99. The Bertz CT molecular complexity index is 352. The summed E-state index contributed by atoms with van der Waals surface area (Å²) in [6.45, 7) is 3.01. The summed E-state index contributed by atoms with van der Waals surface area (Å²) in [5, 5.41) is 12.3. The third-order valence-corrected chi connectivity index (χ3v) is 4.37. The van der Waals surface area contributed by atoms with Gasteiger partial charge in [0, 0.05) is 22.4 Å². The molecule has 0 aliphatic heterocycles. The Hall–Kier alpha value is -0.970. The number of hydrogen-bond acceptors (Lipinski definition) is 3. The van der Waals surface area contributed by atoms with Gasteiger partial charge < -0.3 is 10.4 Å². The molecule has 0 aromatic rings. The molecule has 5 heteroatoms. The summed E-state index contributed by atoms with van der Waals surface area (Å²) >= 11 is 1.83. The van der Waals surface area contributed by atoms with Crippen LogP contribution in [0.5, 0.6) is 0 Å². The fourth-order valence-electron chi connectivity index (χ4n) is 1.91. The van der Waals surface area contributed by atoms with Crippen molar-refractivity contribution in [3.63, 3.8) is 0 Å². The summed E-state index contributed by atoms with van der Waals surface area (Å²) in [4.78, 5) is 22.5. The zero-order chi connectivity index (χ0) is 13.0. The Labute approximate surface area is 106 Å². The van der Waals surface area contributed by atoms with Crippen LogP contribution in [-0.4, -0.2) is 34.5 Å². The highest BCUT2D eigenvalue weighted by atomic mass is 32.2. The lowest BCUT2D eigenvalue weighted by Gasteiger charge is -2.13. The van der Waals surface area contributed by atoms with Crippen LogP contribution in [0.25, 0.3) is 0 Å². The van der Waals surface area contributed by atoms with Crippen molar-refractivity contribution in [3.8, 4) is 0 Å². The molecule has 0 radical (unpaired) electrons. The molecule has 0 spiro atoms. The Morgan fingerprint density at radius 1 is 1.24 bits per heavy atom. The van der Waals surface area contributed by atoms with Crippen LogP contribution in [0.15, 0.2) is 11.1 Å². The van der Waals surface area contributed by atoms with Crippen molar-refractivity contribution in [2.24, 2.45) is 0 Å². The Balaban J connectivity index is 2.56. The average molecular weight is 257 g/mol. The molecule has 2 unspecified atom stereocenters. The minimum Gasteiger partial charge on any atom is -0.478 e. The molecule has 0 aromatic carbocycles. The van der Waals surface area contributed by atoms with Gasteiger partial charge in [-0.2, -0.15) is 11.8 Å². The van der Waals surface area contributed by atoms with Crippen LogP contribution in [0.1, 0.15) is 33.1 Å². The van der Waals surface area contributed by atoms with Crippen LogP contribution in [-0.2, 0) is 9.59 Å². The van der Waals surface area contributed by atoms with E-state index in [9.17, 15) is 9.59 Å². The maximum absolute atomic E-state index is 11.8. The molecule has 0 saturated heterocycles. The van der Waals surface area contributed by atoms with Crippen molar-refractivity contribution in [3.05, 3.63) is 11.1 Å². The predicted octanol–water partition coefficient (Wildman–Crippen LogP) is 1.81. The molecule has 17 heavy (non-hydrogen) atoms. The second-order valence-corrected chi connectivity index (χ2v) is 5.53. The molecule has 2 N–H and O–H groups in total. The van der Waals surface area contributed by atoms with Gasteiger partial charge in [-0.1, -0.05) is 0 Å². The highest BCUT2D eigenvalue weighted by molar-refractivity contribution is 7.99. The van der Waals surface area contributed by atoms with E-state index in [0.717, 1.165) is 19.3 Å². The number of aliphatic carboxylic acids is 1. The van der Waals surface area contributed by atoms with Gasteiger partial charge in [0.15, 0.2) is 0 Å². The van der Waals surface area contributed by atoms with Crippen molar-refractivity contribution < 1.29 is 14.7 Å². The molecule has 1 rings (SSSR count). The lowest BCUT2D eigenvalue weighted by atomic mass is 10.1. The zero-order valence-electron chi connectivity index (χ0n) is 10.4. The quantitative estimate of drug-likeness (QED) is 0.754. The minimum absolute atomic E-state index is 0.113. The van der Waals surface area contributed by atoms with Crippen molar-refractivity contribution in [2.75, 3.05) is 6.26 Å². The van der Waals surface area contributed by atoms with Crippen LogP contribution in [0.4, 0.5) is 0 Å². The summed E-state index contributed by atoms with van der Waals surface area (Å²) in [5.74, 6) is -1.29. The molecule has 1 fully saturated rings. The molecule has 4 nitrogen and oxygen atoms in total. The summed E-state index contributed by atoms with van der Waals surface area (Å²) in [6, 6.07) is 0.191. The molecule has 1 saturated carbocycles. The number of amides is 1. The van der Waals surface area contributed by atoms with Crippen molar-refractivity contribution in [1.82, 2.24) is 5.32 Å². The van der Waals surface area contributed by atoms with E-state index in [2.05, 4.69) is 11.6 Å². The number of nitrogens with one attached hydrogen (secondary N) is 1. The predicted molar refractivity (Wildman–Crippen MR) is 69.1 cm³/mol. The zero-order valence-corrected chi connectivity index (χ0v) is 11.3. The lowest BCUT2D eigenvalue weighted by Crippen LogP contribution is -2.34. The molecule has 2 atom stereocenters. The molecular formula is C12H19NO3S. The fourth-order valence-corrected chi connectivity index (χ4v) is 2.71. The van der Waals surface area contributed by atoms with E-state index in [1.807, 2.05) is 11.8 Å². The molecule has 1 amide bonds. The topological polar surface area (TPSA) is 66.4 Å². The normalized spacial score (nSPS) is 25.4. The Morgan fingerprint density at radius 2 is 1.88 bits per heavy atom. The van der Waals surface area contributed by atoms with Gasteiger partial charge in [-0.25, -0.2) is 4.79 Å². The van der Waals surface area contributed by atoms with Gasteiger partial charge in [0.05, 0.1) is 0 Å². The number of carboxylic acid groups (broad SMARTS) is 1. The van der Waals surface area contributed by atoms with Crippen LogP contribution < -0.4 is 5.32 Å². The van der Waals surface area contributed by atoms with E-state index in [-0.39, 0.29) is 17.5 Å². The largest absolute Gasteiger partial charge is 0.478 e. The fraction of sp³-hybridized carbons (Fsp3) is 0.667. The monoisotopic (exact) mass is 257 g/mol. The van der Waals surface area contributed by atoms with Gasteiger partial charge >= 0.3 is 5.97 Å². The van der Waals surface area contributed by atoms with Crippen LogP contribution in [0.3, 0.4) is 0 Å². The van der Waals surface area contributed by atoms with E-state index >= 15 is 0 Å². The van der Waals surface area contributed by atoms with E-state index in [0.29, 0.717) is 10.8 Å². The molecule has 96 valence electrons. The van der Waals surface area contributed by atoms with E-state index in [4.69, 9.17) is 5.11 Å². The number of carbonyl (C=O) groups is 2. The molecule has 1 aliphatic carbocycles. The van der Waals surface area contributed by atoms with Crippen LogP contribution in [0.2, 0.25) is 0 Å². The Morgan fingerprint density at radius 3 is 2.35 bits per heavy atom. The molecule has 0 bridgehead atoms. The third kappa shape index (κ3) is 3.77. The second-order valence-electron chi connectivity index (χ2n) is 4.40. The maximum Gasteiger partial charge on any atom is 0.331 e. The van der Waals surface area contributed by atoms with Crippen molar-refractivity contribution >= 4 is 23.6 Å². The number of hydrogen-bond donors (Lipinski definition) is 2. The van der Waals surface area contributed by atoms with Gasteiger partial charge in [0.25, 0.3) is 0 Å². The van der Waals surface area contributed by atoms with Crippen LogP contribution in [0, 0.1) is 0 Å². The summed E-state index contributed by atoms with van der Waals surface area (Å²) in [5.41, 5.74) is 0.409. The van der Waals surface area contributed by atoms with E-state index in [1.54, 1.807) is 6.92 Å². The average Bonchev–Trinajstić information content (AvgIpc) is 2.74. The smallest absolute Gasteiger partial charge is 0.331 e. The highest BCUT2D eigenvalue weighted by Gasteiger charge is 2.26. The molecule has 0 aromatic heterocycles. The van der Waals surface area contributed by atoms with Gasteiger partial charge in [-0.15, -0.1) is 0 Å². The summed E-state index contributed by atoms with van der Waals surface area (Å²) < 4.78 is 0. The van der Waals surface area contributed by atoms with Crippen molar-refractivity contribution in [2.45, 2.75) is 44.4 Å². The second kappa shape index (κ2) is 6.10. The van der Waals surface area contributed by atoms with Crippen molar-refractivity contribution in [1.29, 1.82) is 0 Å². The van der Waals surface area contributed by atoms with Gasteiger partial charge in [0.1, 0.15) is 0 Å². The highest BCUT2D eigenvalue weighted by Crippen LogP contribution is 2.28. The van der Waals surface area contributed by atoms with Gasteiger partial charge in [-0.3, -0.25) is 4.79 Å². The Kier molecular flexibility index (Phi) is 5.05. The van der Waals surface area contributed by atoms with E-state index < -0.39 is 5.97 Å². The number of thioether (sulfide) groups is 1. The number of carboxylic acids is 1. The maximum atomic E-state index is 11.8. The first-order chi connectivity index (χ1) is 7.95. The third-order valence-electron chi connectivity index (χ3n) is 3.28. The lowest BCUT2D eigenvalue weighted by molar-refractivity contribution is -0.133. The summed E-state index contributed by atoms with van der Waals surface area (Å²) in [6.07, 6.45) is 5.16. The first kappa shape index (κ1) is 14.1. The van der Waals surface area contributed by atoms with Gasteiger partial charge in [0.2, 0.25) is 5.91 Å². The molecular weight excluding hydrogens is 238 g/mol. The number of rotatable bonds is 4. The number of carbonyl (C=O) groups excluding carboxylic acids is 1. The van der Waals surface area contributed by atoms with E-state index in [1.165, 1.54) is 6.92 Å². The first-order valence-electron chi connectivity index (χ1n) is 5.70.